The first kappa shape index (κ1) is 15.1. The lowest BCUT2D eigenvalue weighted by Crippen LogP contribution is -2.33. The maximum atomic E-state index is 13.9. The number of carbonyl (C=O) groups is 1. The Morgan fingerprint density at radius 3 is 2.48 bits per heavy atom. The van der Waals surface area contributed by atoms with Crippen LogP contribution in [-0.4, -0.2) is 35.8 Å². The van der Waals surface area contributed by atoms with Crippen molar-refractivity contribution >= 4 is 11.7 Å². The number of halogens is 4. The van der Waals surface area contributed by atoms with Gasteiger partial charge < -0.3 is 14.7 Å². The van der Waals surface area contributed by atoms with Gasteiger partial charge >= 0.3 is 12.7 Å². The summed E-state index contributed by atoms with van der Waals surface area (Å²) in [6, 6.07) is 1.51. The lowest BCUT2D eigenvalue weighted by Gasteiger charge is -2.25. The van der Waals surface area contributed by atoms with Crippen LogP contribution in [0.25, 0.3) is 5.57 Å². The number of amides is 1. The van der Waals surface area contributed by atoms with Gasteiger partial charge in [-0.3, -0.25) is 0 Å². The van der Waals surface area contributed by atoms with E-state index in [1.165, 1.54) is 6.08 Å². The van der Waals surface area contributed by atoms with Crippen molar-refractivity contribution in [2.75, 3.05) is 13.1 Å². The fraction of sp³-hybridized carbons (Fsp3) is 0.308. The molecule has 0 aliphatic carbocycles. The third kappa shape index (κ3) is 3.26. The molecule has 0 aromatic heterocycles. The average Bonchev–Trinajstić information content (AvgIpc) is 2.43. The Labute approximate surface area is 117 Å². The van der Waals surface area contributed by atoms with Crippen LogP contribution in [0.2, 0.25) is 0 Å². The lowest BCUT2D eigenvalue weighted by atomic mass is 9.98. The molecule has 1 N–H and O–H groups in total. The van der Waals surface area contributed by atoms with E-state index >= 15 is 0 Å². The second-order valence-corrected chi connectivity index (χ2v) is 4.32. The molecule has 1 aliphatic rings. The van der Waals surface area contributed by atoms with Crippen molar-refractivity contribution in [2.24, 2.45) is 0 Å². The molecular weight excluding hydrogens is 294 g/mol. The molecule has 0 bridgehead atoms. The third-order valence-electron chi connectivity index (χ3n) is 3.07. The minimum Gasteiger partial charge on any atom is -0.465 e. The van der Waals surface area contributed by atoms with Crippen molar-refractivity contribution in [1.29, 1.82) is 0 Å². The second kappa shape index (κ2) is 6.02. The molecule has 21 heavy (non-hydrogen) atoms. The van der Waals surface area contributed by atoms with Crippen molar-refractivity contribution in [2.45, 2.75) is 13.0 Å². The summed E-state index contributed by atoms with van der Waals surface area (Å²) in [5.74, 6) is -2.87. The summed E-state index contributed by atoms with van der Waals surface area (Å²) >= 11 is 0. The Bertz CT molecular complexity index is 589. The van der Waals surface area contributed by atoms with Gasteiger partial charge in [-0.2, -0.15) is 8.78 Å². The van der Waals surface area contributed by atoms with Gasteiger partial charge in [-0.1, -0.05) is 6.08 Å². The molecular formula is C13H11F4NO3. The normalized spacial score (nSPS) is 15.1. The van der Waals surface area contributed by atoms with Gasteiger partial charge in [-0.15, -0.1) is 0 Å². The number of nitrogens with zero attached hydrogens (tertiary/aromatic N) is 1. The van der Waals surface area contributed by atoms with Gasteiger partial charge in [0.05, 0.1) is 5.56 Å². The van der Waals surface area contributed by atoms with Crippen molar-refractivity contribution in [3.05, 3.63) is 35.4 Å². The van der Waals surface area contributed by atoms with Crippen LogP contribution in [0, 0.1) is 11.6 Å². The number of hydrogen-bond acceptors (Lipinski definition) is 2. The zero-order valence-corrected chi connectivity index (χ0v) is 10.7. The van der Waals surface area contributed by atoms with Gasteiger partial charge in [0.15, 0.2) is 11.6 Å². The van der Waals surface area contributed by atoms with Gasteiger partial charge in [0, 0.05) is 13.1 Å². The molecule has 2 rings (SSSR count). The standard InChI is InChI=1S/C13H11F4NO3/c14-8-1-2-9(15)11(21-12(16)17)10(8)7-3-5-18(6-4-7)13(19)20/h1-3,12H,4-6H2,(H,19,20). The van der Waals surface area contributed by atoms with Gasteiger partial charge in [-0.25, -0.2) is 13.6 Å². The molecule has 1 amide bonds. The molecule has 0 saturated heterocycles. The summed E-state index contributed by atoms with van der Waals surface area (Å²) in [5.41, 5.74) is -0.152. The van der Waals surface area contributed by atoms with Crippen LogP contribution in [0.15, 0.2) is 18.2 Å². The number of alkyl halides is 2. The van der Waals surface area contributed by atoms with E-state index in [2.05, 4.69) is 4.74 Å². The number of ether oxygens (including phenoxy) is 1. The summed E-state index contributed by atoms with van der Waals surface area (Å²) in [6.45, 7) is -3.26. The minimum atomic E-state index is -3.29. The van der Waals surface area contributed by atoms with Crippen LogP contribution in [0.5, 0.6) is 5.75 Å². The molecule has 0 unspecified atom stereocenters. The van der Waals surface area contributed by atoms with Crippen molar-refractivity contribution in [3.63, 3.8) is 0 Å². The van der Waals surface area contributed by atoms with Crippen LogP contribution in [-0.2, 0) is 0 Å². The number of carboxylic acid groups (broad SMARTS) is 1. The average molecular weight is 305 g/mol. The number of benzene rings is 1. The first-order valence-corrected chi connectivity index (χ1v) is 6.00. The van der Waals surface area contributed by atoms with Crippen LogP contribution < -0.4 is 4.74 Å². The number of hydrogen-bond donors (Lipinski definition) is 1. The maximum Gasteiger partial charge on any atom is 0.407 e. The summed E-state index contributed by atoms with van der Waals surface area (Å²) in [6.07, 6.45) is 0.286. The molecule has 1 aromatic carbocycles. The van der Waals surface area contributed by atoms with Gasteiger partial charge in [0.25, 0.3) is 0 Å². The SMILES string of the molecule is O=C(O)N1CC=C(c2c(F)ccc(F)c2OC(F)F)CC1. The zero-order valence-electron chi connectivity index (χ0n) is 10.7. The first-order valence-electron chi connectivity index (χ1n) is 6.00. The predicted molar refractivity (Wildman–Crippen MR) is 65.2 cm³/mol. The van der Waals surface area contributed by atoms with E-state index in [4.69, 9.17) is 5.11 Å². The molecule has 8 heteroatoms. The monoisotopic (exact) mass is 305 g/mol. The molecule has 0 fully saturated rings. The molecule has 1 aromatic rings. The van der Waals surface area contributed by atoms with Crippen molar-refractivity contribution in [3.8, 4) is 5.75 Å². The van der Waals surface area contributed by atoms with E-state index < -0.39 is 30.1 Å². The number of rotatable bonds is 3. The van der Waals surface area contributed by atoms with Crippen molar-refractivity contribution in [1.82, 2.24) is 4.90 Å². The molecule has 0 radical (unpaired) electrons. The van der Waals surface area contributed by atoms with Crippen LogP contribution in [0.4, 0.5) is 22.4 Å². The zero-order chi connectivity index (χ0) is 15.6. The highest BCUT2D eigenvalue weighted by molar-refractivity contribution is 5.74. The maximum absolute atomic E-state index is 13.9. The molecule has 4 nitrogen and oxygen atoms in total. The Balaban J connectivity index is 2.39. The highest BCUT2D eigenvalue weighted by atomic mass is 19.3. The van der Waals surface area contributed by atoms with Crippen LogP contribution in [0.1, 0.15) is 12.0 Å². The fourth-order valence-electron chi connectivity index (χ4n) is 2.11. The fourth-order valence-corrected chi connectivity index (χ4v) is 2.11. The van der Waals surface area contributed by atoms with E-state index in [1.807, 2.05) is 0 Å². The van der Waals surface area contributed by atoms with E-state index in [0.717, 1.165) is 11.0 Å². The minimum absolute atomic E-state index is 0.0330. The van der Waals surface area contributed by atoms with Crippen LogP contribution in [0.3, 0.4) is 0 Å². The summed E-state index contributed by atoms with van der Waals surface area (Å²) in [4.78, 5) is 11.8. The largest absolute Gasteiger partial charge is 0.465 e. The smallest absolute Gasteiger partial charge is 0.407 e. The van der Waals surface area contributed by atoms with E-state index in [0.29, 0.717) is 6.07 Å². The third-order valence-corrected chi connectivity index (χ3v) is 3.07. The Hall–Kier alpha value is -2.25. The quantitative estimate of drug-likeness (QED) is 0.871. The van der Waals surface area contributed by atoms with Gasteiger partial charge in [0.2, 0.25) is 0 Å². The first-order chi connectivity index (χ1) is 9.90. The summed E-state index contributed by atoms with van der Waals surface area (Å²) < 4.78 is 56.2. The predicted octanol–water partition coefficient (Wildman–Crippen LogP) is 3.33. The molecule has 0 saturated carbocycles. The topological polar surface area (TPSA) is 49.8 Å². The highest BCUT2D eigenvalue weighted by Gasteiger charge is 2.25. The summed E-state index contributed by atoms with van der Waals surface area (Å²) in [5, 5.41) is 8.81. The van der Waals surface area contributed by atoms with E-state index in [1.54, 1.807) is 0 Å². The van der Waals surface area contributed by atoms with E-state index in [-0.39, 0.29) is 30.6 Å². The lowest BCUT2D eigenvalue weighted by molar-refractivity contribution is -0.0525. The molecule has 0 atom stereocenters. The molecule has 0 spiro atoms. The Morgan fingerprint density at radius 2 is 1.95 bits per heavy atom. The van der Waals surface area contributed by atoms with Crippen molar-refractivity contribution < 1.29 is 32.2 Å². The Morgan fingerprint density at radius 1 is 1.29 bits per heavy atom. The van der Waals surface area contributed by atoms with Gasteiger partial charge in [-0.05, 0) is 24.1 Å². The molecule has 1 heterocycles. The van der Waals surface area contributed by atoms with Gasteiger partial charge in [0.1, 0.15) is 5.82 Å². The Kier molecular flexibility index (Phi) is 4.35. The molecule has 114 valence electrons. The van der Waals surface area contributed by atoms with Crippen LogP contribution >= 0.6 is 0 Å². The molecule has 1 aliphatic heterocycles. The second-order valence-electron chi connectivity index (χ2n) is 4.32. The summed E-state index contributed by atoms with van der Waals surface area (Å²) in [7, 11) is 0. The highest BCUT2D eigenvalue weighted by Crippen LogP contribution is 2.35. The van der Waals surface area contributed by atoms with E-state index in [9.17, 15) is 22.4 Å².